The first-order valence-corrected chi connectivity index (χ1v) is 14.0. The molecule has 0 fully saturated rings. The maximum atomic E-state index is 13.4. The van der Waals surface area contributed by atoms with Gasteiger partial charge in [-0.3, -0.25) is 19.6 Å². The predicted molar refractivity (Wildman–Crippen MR) is 150 cm³/mol. The lowest BCUT2D eigenvalue weighted by atomic mass is 10.1. The van der Waals surface area contributed by atoms with Crippen LogP contribution in [0.15, 0.2) is 107 Å². The number of carbonyl (C=O) groups is 1. The largest absolute Gasteiger partial charge is 0.325 e. The highest BCUT2D eigenvalue weighted by atomic mass is 32.2. The number of hydrogen-bond acceptors (Lipinski definition) is 6. The molecule has 1 atom stereocenters. The molecule has 1 unspecified atom stereocenters. The fraction of sp³-hybridized carbons (Fsp3) is 0.107. The van der Waals surface area contributed by atoms with Crippen molar-refractivity contribution in [1.29, 1.82) is 0 Å². The van der Waals surface area contributed by atoms with Crippen LogP contribution in [0.3, 0.4) is 0 Å². The number of nitrogens with one attached hydrogen (secondary N) is 2. The van der Waals surface area contributed by atoms with Gasteiger partial charge in [0.25, 0.3) is 15.7 Å². The Hall–Kier alpha value is -4.15. The number of sulfonamides is 1. The number of aryl methyl sites for hydroxylation is 2. The van der Waals surface area contributed by atoms with Crippen LogP contribution < -0.4 is 10.0 Å². The van der Waals surface area contributed by atoms with Crippen LogP contribution in [0.5, 0.6) is 0 Å². The molecule has 0 heterocycles. The molecule has 0 radical (unpaired) electrons. The Bertz CT molecular complexity index is 1560. The van der Waals surface area contributed by atoms with Crippen molar-refractivity contribution >= 4 is 44.8 Å². The highest BCUT2D eigenvalue weighted by Crippen LogP contribution is 2.37. The number of non-ortho nitro benzene ring substituents is 1. The van der Waals surface area contributed by atoms with E-state index in [2.05, 4.69) is 10.0 Å². The van der Waals surface area contributed by atoms with E-state index in [-0.39, 0.29) is 16.5 Å². The molecule has 0 aliphatic rings. The van der Waals surface area contributed by atoms with E-state index in [1.54, 1.807) is 55.5 Å². The van der Waals surface area contributed by atoms with Crippen LogP contribution in [0.2, 0.25) is 0 Å². The summed E-state index contributed by atoms with van der Waals surface area (Å²) in [6, 6.07) is 26.9. The third-order valence-electron chi connectivity index (χ3n) is 5.71. The van der Waals surface area contributed by atoms with Gasteiger partial charge < -0.3 is 5.32 Å². The van der Waals surface area contributed by atoms with E-state index in [1.165, 1.54) is 30.0 Å². The van der Waals surface area contributed by atoms with Gasteiger partial charge in [-0.2, -0.15) is 0 Å². The van der Waals surface area contributed by atoms with Gasteiger partial charge in [-0.05, 0) is 67.4 Å². The number of nitro benzene ring substituents is 1. The number of anilines is 2. The van der Waals surface area contributed by atoms with Crippen molar-refractivity contribution in [2.75, 3.05) is 10.0 Å². The van der Waals surface area contributed by atoms with Crippen molar-refractivity contribution in [1.82, 2.24) is 0 Å². The Kier molecular flexibility index (Phi) is 8.13. The predicted octanol–water partition coefficient (Wildman–Crippen LogP) is 6.48. The Morgan fingerprint density at radius 3 is 2.16 bits per heavy atom. The Morgan fingerprint density at radius 1 is 0.895 bits per heavy atom. The number of rotatable bonds is 9. The molecular formula is C28H25N3O5S2. The zero-order valence-electron chi connectivity index (χ0n) is 20.6. The summed E-state index contributed by atoms with van der Waals surface area (Å²) in [5.74, 6) is -0.290. The average molecular weight is 548 g/mol. The summed E-state index contributed by atoms with van der Waals surface area (Å²) in [6.07, 6.45) is 0. The van der Waals surface area contributed by atoms with Crippen LogP contribution in [0.25, 0.3) is 0 Å². The number of nitro groups is 1. The van der Waals surface area contributed by atoms with E-state index in [0.29, 0.717) is 16.9 Å². The van der Waals surface area contributed by atoms with Crippen molar-refractivity contribution in [3.05, 3.63) is 124 Å². The van der Waals surface area contributed by atoms with Crippen molar-refractivity contribution in [2.24, 2.45) is 0 Å². The van der Waals surface area contributed by atoms with Crippen LogP contribution in [-0.4, -0.2) is 19.2 Å². The third-order valence-corrected chi connectivity index (χ3v) is 8.37. The molecule has 0 bridgehead atoms. The van der Waals surface area contributed by atoms with Crippen LogP contribution >= 0.6 is 11.8 Å². The minimum atomic E-state index is -3.73. The second-order valence-corrected chi connectivity index (χ2v) is 11.5. The van der Waals surface area contributed by atoms with Gasteiger partial charge in [-0.1, -0.05) is 48.0 Å². The number of hydrogen-bond donors (Lipinski definition) is 2. The van der Waals surface area contributed by atoms with Gasteiger partial charge in [-0.15, -0.1) is 11.8 Å². The van der Waals surface area contributed by atoms with Crippen molar-refractivity contribution in [2.45, 2.75) is 28.9 Å². The summed E-state index contributed by atoms with van der Waals surface area (Å²) in [5.41, 5.74) is 3.16. The van der Waals surface area contributed by atoms with Gasteiger partial charge >= 0.3 is 0 Å². The summed E-state index contributed by atoms with van der Waals surface area (Å²) in [6.45, 7) is 3.58. The van der Waals surface area contributed by atoms with Crippen molar-refractivity contribution in [3.8, 4) is 0 Å². The first-order valence-electron chi connectivity index (χ1n) is 11.6. The van der Waals surface area contributed by atoms with Crippen LogP contribution in [-0.2, 0) is 14.8 Å². The molecule has 4 aromatic rings. The van der Waals surface area contributed by atoms with Gasteiger partial charge in [0, 0.05) is 28.4 Å². The fourth-order valence-electron chi connectivity index (χ4n) is 3.67. The minimum Gasteiger partial charge on any atom is -0.325 e. The smallest absolute Gasteiger partial charge is 0.269 e. The molecule has 0 aromatic heterocycles. The van der Waals surface area contributed by atoms with E-state index in [9.17, 15) is 23.3 Å². The van der Waals surface area contributed by atoms with E-state index < -0.39 is 20.2 Å². The first-order chi connectivity index (χ1) is 18.1. The van der Waals surface area contributed by atoms with Crippen molar-refractivity contribution in [3.63, 3.8) is 0 Å². The monoisotopic (exact) mass is 547 g/mol. The summed E-state index contributed by atoms with van der Waals surface area (Å²) in [4.78, 5) is 24.9. The molecule has 0 aliphatic carbocycles. The average Bonchev–Trinajstić information content (AvgIpc) is 2.89. The minimum absolute atomic E-state index is 0.0485. The SMILES string of the molecule is Cc1ccc(S(=O)(=O)Nc2ccc(SC(C(=O)Nc3ccc([N+](=O)[O-])cc3C)c3ccccc3)cc2)cc1. The fourth-order valence-corrected chi connectivity index (χ4v) is 5.75. The van der Waals surface area contributed by atoms with Gasteiger partial charge in [0.05, 0.1) is 9.82 Å². The lowest BCUT2D eigenvalue weighted by Gasteiger charge is -2.18. The standard InChI is InChI=1S/C28H25N3O5S2/c1-19-8-15-25(16-9-19)38(35,36)30-22-10-13-24(14-11-22)37-27(21-6-4-3-5-7-21)28(32)29-26-17-12-23(31(33)34)18-20(26)2/h3-18,27,30H,1-2H3,(H,29,32). The van der Waals surface area contributed by atoms with E-state index in [0.717, 1.165) is 16.0 Å². The van der Waals surface area contributed by atoms with E-state index in [1.807, 2.05) is 37.3 Å². The topological polar surface area (TPSA) is 118 Å². The quantitative estimate of drug-likeness (QED) is 0.141. The van der Waals surface area contributed by atoms with Gasteiger partial charge in [0.2, 0.25) is 5.91 Å². The molecule has 8 nitrogen and oxygen atoms in total. The number of carbonyl (C=O) groups excluding carboxylic acids is 1. The van der Waals surface area contributed by atoms with Gasteiger partial charge in [0.1, 0.15) is 5.25 Å². The molecule has 4 rings (SSSR count). The van der Waals surface area contributed by atoms with E-state index in [4.69, 9.17) is 0 Å². The zero-order valence-corrected chi connectivity index (χ0v) is 22.3. The molecule has 0 aliphatic heterocycles. The lowest BCUT2D eigenvalue weighted by molar-refractivity contribution is -0.384. The normalized spacial score (nSPS) is 11.9. The molecule has 0 saturated carbocycles. The lowest BCUT2D eigenvalue weighted by Crippen LogP contribution is -2.19. The molecular weight excluding hydrogens is 522 g/mol. The van der Waals surface area contributed by atoms with Crippen LogP contribution in [0, 0.1) is 24.0 Å². The highest BCUT2D eigenvalue weighted by molar-refractivity contribution is 8.00. The van der Waals surface area contributed by atoms with Crippen LogP contribution in [0.1, 0.15) is 21.9 Å². The van der Waals surface area contributed by atoms with Crippen LogP contribution in [0.4, 0.5) is 17.1 Å². The summed E-state index contributed by atoms with van der Waals surface area (Å²) in [5, 5.41) is 13.3. The maximum absolute atomic E-state index is 13.4. The third kappa shape index (κ3) is 6.58. The molecule has 0 spiro atoms. The number of benzene rings is 4. The highest BCUT2D eigenvalue weighted by Gasteiger charge is 2.23. The molecule has 0 saturated heterocycles. The van der Waals surface area contributed by atoms with Crippen molar-refractivity contribution < 1.29 is 18.1 Å². The maximum Gasteiger partial charge on any atom is 0.269 e. The number of amides is 1. The summed E-state index contributed by atoms with van der Waals surface area (Å²) >= 11 is 1.31. The Morgan fingerprint density at radius 2 is 1.55 bits per heavy atom. The zero-order chi connectivity index (χ0) is 27.3. The molecule has 4 aromatic carbocycles. The molecule has 2 N–H and O–H groups in total. The summed E-state index contributed by atoms with van der Waals surface area (Å²) in [7, 11) is -3.73. The number of nitrogens with zero attached hydrogens (tertiary/aromatic N) is 1. The summed E-state index contributed by atoms with van der Waals surface area (Å²) < 4.78 is 28.0. The second-order valence-electron chi connectivity index (χ2n) is 8.60. The number of thioether (sulfide) groups is 1. The van der Waals surface area contributed by atoms with Gasteiger partial charge in [-0.25, -0.2) is 8.42 Å². The first kappa shape index (κ1) is 26.9. The molecule has 10 heteroatoms. The Balaban J connectivity index is 1.52. The molecule has 38 heavy (non-hydrogen) atoms. The molecule has 1 amide bonds. The van der Waals surface area contributed by atoms with E-state index >= 15 is 0 Å². The van der Waals surface area contributed by atoms with Gasteiger partial charge in [0.15, 0.2) is 0 Å². The second kappa shape index (κ2) is 11.5. The Labute approximate surface area is 225 Å². The molecule has 194 valence electrons.